The number of hydrogen-bond donors (Lipinski definition) is 1. The molecule has 23 heavy (non-hydrogen) atoms. The number of hydrogen-bond acceptors (Lipinski definition) is 5. The molecule has 2 aliphatic carbocycles. The van der Waals surface area contributed by atoms with Gasteiger partial charge in [0.05, 0.1) is 6.61 Å². The van der Waals surface area contributed by atoms with Crippen LogP contribution >= 0.6 is 0 Å². The number of β-amino-alcohol motifs (C(OH)–C–C–N with tert-alkyl or cyclic N) is 1. The number of benzene rings is 1. The Kier molecular flexibility index (Phi) is 4.86. The highest BCUT2D eigenvalue weighted by Crippen LogP contribution is 2.32. The number of aliphatic hydroxyl groups is 1. The molecule has 0 bridgehead atoms. The van der Waals surface area contributed by atoms with Gasteiger partial charge in [-0.3, -0.25) is 4.90 Å². The molecule has 0 saturated carbocycles. The Bertz CT molecular complexity index is 685. The molecule has 1 aromatic heterocycles. The lowest BCUT2D eigenvalue weighted by Crippen LogP contribution is -2.47. The van der Waals surface area contributed by atoms with Crippen LogP contribution in [-0.2, 0) is 0 Å². The summed E-state index contributed by atoms with van der Waals surface area (Å²) in [6.45, 7) is 4.65. The molecule has 1 fully saturated rings. The first-order valence-electron chi connectivity index (χ1n) is 7.78. The van der Waals surface area contributed by atoms with Crippen molar-refractivity contribution in [2.75, 3.05) is 44.2 Å². The van der Waals surface area contributed by atoms with Gasteiger partial charge in [0.2, 0.25) is 5.82 Å². The average Bonchev–Trinajstić information content (AvgIpc) is 3.22. The number of rotatable bonds is 3. The number of anilines is 1. The van der Waals surface area contributed by atoms with Gasteiger partial charge in [0.15, 0.2) is 0 Å². The molecule has 1 N–H and O–H groups in total. The number of piperazine rings is 1. The third-order valence-corrected chi connectivity index (χ3v) is 4.00. The SMILES string of the molecule is C#Cc1nccc(N2CCN(CCO)CC2)n1.c1cc2cc-2c1. The van der Waals surface area contributed by atoms with Crippen molar-refractivity contribution in [2.24, 2.45) is 0 Å². The Morgan fingerprint density at radius 3 is 2.39 bits per heavy atom. The van der Waals surface area contributed by atoms with Crippen LogP contribution in [0, 0.1) is 12.3 Å². The number of aliphatic hydroxyl groups excluding tert-OH is 1. The van der Waals surface area contributed by atoms with Gasteiger partial charge in [0.1, 0.15) is 5.82 Å². The molecular weight excluding hydrogens is 288 g/mol. The molecule has 5 nitrogen and oxygen atoms in total. The van der Waals surface area contributed by atoms with Crippen LogP contribution < -0.4 is 4.90 Å². The summed E-state index contributed by atoms with van der Waals surface area (Å²) in [7, 11) is 0. The average molecular weight is 308 g/mol. The Morgan fingerprint density at radius 1 is 1.13 bits per heavy atom. The number of terminal acetylenes is 1. The van der Waals surface area contributed by atoms with Gasteiger partial charge < -0.3 is 10.0 Å². The van der Waals surface area contributed by atoms with E-state index in [1.165, 1.54) is 11.1 Å². The van der Waals surface area contributed by atoms with Crippen molar-refractivity contribution in [1.29, 1.82) is 0 Å². The first-order chi connectivity index (χ1) is 11.3. The van der Waals surface area contributed by atoms with Crippen LogP contribution in [0.2, 0.25) is 0 Å². The fourth-order valence-electron chi connectivity index (χ4n) is 2.61. The third-order valence-electron chi connectivity index (χ3n) is 4.00. The monoisotopic (exact) mass is 308 g/mol. The van der Waals surface area contributed by atoms with E-state index in [4.69, 9.17) is 11.5 Å². The summed E-state index contributed by atoms with van der Waals surface area (Å²) in [6, 6.07) is 10.4. The molecular formula is C18H20N4O. The van der Waals surface area contributed by atoms with Crippen molar-refractivity contribution in [3.05, 3.63) is 42.4 Å². The van der Waals surface area contributed by atoms with Crippen molar-refractivity contribution >= 4 is 5.82 Å². The van der Waals surface area contributed by atoms with Crippen LogP contribution in [0.1, 0.15) is 5.82 Å². The summed E-state index contributed by atoms with van der Waals surface area (Å²) in [4.78, 5) is 12.7. The van der Waals surface area contributed by atoms with E-state index in [1.807, 2.05) is 6.07 Å². The van der Waals surface area contributed by atoms with E-state index in [0.29, 0.717) is 5.82 Å². The Labute approximate surface area is 136 Å². The zero-order valence-corrected chi connectivity index (χ0v) is 13.0. The van der Waals surface area contributed by atoms with Crippen molar-refractivity contribution in [2.45, 2.75) is 0 Å². The maximum absolute atomic E-state index is 8.87. The normalized spacial score (nSPS) is 15.4. The lowest BCUT2D eigenvalue weighted by Gasteiger charge is -2.34. The largest absolute Gasteiger partial charge is 0.395 e. The standard InChI is InChI=1S/C12H16N4O.C6H4/c1-2-11-13-4-3-12(14-11)16-7-5-15(6-8-16)9-10-17;1-2-5-4-6(5)3-1/h1,3-4,17H,5-10H2;1-4H. The van der Waals surface area contributed by atoms with E-state index in [2.05, 4.69) is 50.0 Å². The molecule has 0 radical (unpaired) electrons. The first kappa shape index (κ1) is 15.5. The van der Waals surface area contributed by atoms with Crippen LogP contribution in [0.25, 0.3) is 11.1 Å². The highest BCUT2D eigenvalue weighted by molar-refractivity contribution is 5.80. The molecule has 5 heteroatoms. The van der Waals surface area contributed by atoms with Gasteiger partial charge in [-0.2, -0.15) is 0 Å². The zero-order valence-electron chi connectivity index (χ0n) is 13.0. The zero-order chi connectivity index (χ0) is 16.1. The van der Waals surface area contributed by atoms with E-state index in [-0.39, 0.29) is 6.61 Å². The summed E-state index contributed by atoms with van der Waals surface area (Å²) >= 11 is 0. The molecule has 0 spiro atoms. The quantitative estimate of drug-likeness (QED) is 0.738. The van der Waals surface area contributed by atoms with Crippen LogP contribution in [0.5, 0.6) is 0 Å². The molecule has 3 aliphatic rings. The van der Waals surface area contributed by atoms with Gasteiger partial charge in [-0.05, 0) is 29.2 Å². The summed E-state index contributed by atoms with van der Waals surface area (Å²) in [5.74, 6) is 3.76. The third kappa shape index (κ3) is 4.07. The Balaban J connectivity index is 0.000000213. The molecule has 4 rings (SSSR count). The first-order valence-corrected chi connectivity index (χ1v) is 7.78. The van der Waals surface area contributed by atoms with E-state index in [0.717, 1.165) is 38.5 Å². The second-order valence-corrected chi connectivity index (χ2v) is 5.52. The minimum Gasteiger partial charge on any atom is -0.395 e. The summed E-state index contributed by atoms with van der Waals surface area (Å²) in [5, 5.41) is 8.87. The molecule has 0 unspecified atom stereocenters. The van der Waals surface area contributed by atoms with Gasteiger partial charge in [0, 0.05) is 38.9 Å². The second-order valence-electron chi connectivity index (χ2n) is 5.52. The molecule has 1 aromatic rings. The minimum atomic E-state index is 0.217. The molecule has 1 aliphatic heterocycles. The van der Waals surface area contributed by atoms with E-state index >= 15 is 0 Å². The Hall–Kier alpha value is -2.42. The fraction of sp³-hybridized carbons (Fsp3) is 0.333. The van der Waals surface area contributed by atoms with Gasteiger partial charge in [0.25, 0.3) is 0 Å². The van der Waals surface area contributed by atoms with Crippen molar-refractivity contribution in [3.8, 4) is 23.5 Å². The summed E-state index contributed by atoms with van der Waals surface area (Å²) in [6.07, 6.45) is 6.97. The van der Waals surface area contributed by atoms with Crippen LogP contribution in [0.15, 0.2) is 36.5 Å². The van der Waals surface area contributed by atoms with Gasteiger partial charge in [-0.25, -0.2) is 9.97 Å². The van der Waals surface area contributed by atoms with E-state index < -0.39 is 0 Å². The number of aromatic nitrogens is 2. The van der Waals surface area contributed by atoms with E-state index in [9.17, 15) is 0 Å². The van der Waals surface area contributed by atoms with Gasteiger partial charge in [-0.15, -0.1) is 6.42 Å². The van der Waals surface area contributed by atoms with Gasteiger partial charge in [-0.1, -0.05) is 18.2 Å². The van der Waals surface area contributed by atoms with Crippen LogP contribution in [-0.4, -0.2) is 59.3 Å². The maximum atomic E-state index is 8.87. The number of nitrogens with zero attached hydrogens (tertiary/aromatic N) is 4. The highest BCUT2D eigenvalue weighted by atomic mass is 16.3. The summed E-state index contributed by atoms with van der Waals surface area (Å²) < 4.78 is 0. The predicted molar refractivity (Wildman–Crippen MR) is 91.1 cm³/mol. The maximum Gasteiger partial charge on any atom is 0.206 e. The second kappa shape index (κ2) is 7.23. The van der Waals surface area contributed by atoms with Crippen molar-refractivity contribution < 1.29 is 5.11 Å². The number of fused-ring (bicyclic) bond motifs is 1. The van der Waals surface area contributed by atoms with Gasteiger partial charge >= 0.3 is 0 Å². The highest BCUT2D eigenvalue weighted by Gasteiger charge is 2.17. The summed E-state index contributed by atoms with van der Waals surface area (Å²) in [5.41, 5.74) is 2.85. The minimum absolute atomic E-state index is 0.217. The molecule has 0 amide bonds. The molecule has 2 heterocycles. The topological polar surface area (TPSA) is 52.5 Å². The lowest BCUT2D eigenvalue weighted by molar-refractivity contribution is 0.188. The predicted octanol–water partition coefficient (Wildman–Crippen LogP) is 1.24. The molecule has 0 atom stereocenters. The van der Waals surface area contributed by atoms with Crippen LogP contribution in [0.4, 0.5) is 5.82 Å². The molecule has 118 valence electrons. The van der Waals surface area contributed by atoms with Crippen molar-refractivity contribution in [1.82, 2.24) is 14.9 Å². The van der Waals surface area contributed by atoms with Crippen LogP contribution in [0.3, 0.4) is 0 Å². The lowest BCUT2D eigenvalue weighted by atomic mass is 10.3. The smallest absolute Gasteiger partial charge is 0.206 e. The van der Waals surface area contributed by atoms with E-state index in [1.54, 1.807) is 6.20 Å². The van der Waals surface area contributed by atoms with Crippen molar-refractivity contribution in [3.63, 3.8) is 0 Å². The molecule has 1 saturated heterocycles. The Morgan fingerprint density at radius 2 is 1.87 bits per heavy atom. The molecule has 0 aromatic carbocycles. The fourth-order valence-corrected chi connectivity index (χ4v) is 2.61.